The highest BCUT2D eigenvalue weighted by molar-refractivity contribution is 5.39. The topological polar surface area (TPSA) is 21.3 Å². The summed E-state index contributed by atoms with van der Waals surface area (Å²) in [4.78, 5) is 0. The van der Waals surface area contributed by atoms with Gasteiger partial charge >= 0.3 is 0 Å². The summed E-state index contributed by atoms with van der Waals surface area (Å²) in [7, 11) is 1.73. The molecule has 1 atom stereocenters. The number of fused-ring (bicyclic) bond motifs is 1. The predicted molar refractivity (Wildman–Crippen MR) is 57.7 cm³/mol. The van der Waals surface area contributed by atoms with Crippen LogP contribution in [-0.4, -0.2) is 13.7 Å². The van der Waals surface area contributed by atoms with Crippen LogP contribution in [0.15, 0.2) is 18.2 Å². The minimum atomic E-state index is 0.647. The highest BCUT2D eigenvalue weighted by Gasteiger charge is 2.18. The molecule has 2 heteroatoms. The molecule has 0 saturated carbocycles. The van der Waals surface area contributed by atoms with Crippen molar-refractivity contribution in [3.63, 3.8) is 0 Å². The first-order valence-electron chi connectivity index (χ1n) is 5.22. The molecule has 0 aromatic heterocycles. The SMILES string of the molecule is CC[C@@H]1CNCc2ccc(OC)cc21. The Morgan fingerprint density at radius 2 is 2.36 bits per heavy atom. The van der Waals surface area contributed by atoms with Gasteiger partial charge in [0.25, 0.3) is 0 Å². The lowest BCUT2D eigenvalue weighted by Gasteiger charge is -2.25. The van der Waals surface area contributed by atoms with Crippen molar-refractivity contribution >= 4 is 0 Å². The maximum atomic E-state index is 5.25. The molecule has 0 spiro atoms. The first kappa shape index (κ1) is 9.53. The average Bonchev–Trinajstić information content (AvgIpc) is 2.27. The molecule has 14 heavy (non-hydrogen) atoms. The van der Waals surface area contributed by atoms with E-state index in [1.807, 2.05) is 6.07 Å². The van der Waals surface area contributed by atoms with Crippen LogP contribution in [0.25, 0.3) is 0 Å². The van der Waals surface area contributed by atoms with E-state index in [1.165, 1.54) is 17.5 Å². The fourth-order valence-corrected chi connectivity index (χ4v) is 2.10. The van der Waals surface area contributed by atoms with Crippen LogP contribution in [0.3, 0.4) is 0 Å². The molecule has 0 aliphatic carbocycles. The Morgan fingerprint density at radius 1 is 1.50 bits per heavy atom. The molecule has 1 aromatic carbocycles. The van der Waals surface area contributed by atoms with Gasteiger partial charge in [-0.05, 0) is 35.6 Å². The summed E-state index contributed by atoms with van der Waals surface area (Å²) in [5.41, 5.74) is 2.88. The number of ether oxygens (including phenoxy) is 1. The van der Waals surface area contributed by atoms with Gasteiger partial charge in [0.1, 0.15) is 5.75 Å². The maximum Gasteiger partial charge on any atom is 0.119 e. The van der Waals surface area contributed by atoms with E-state index < -0.39 is 0 Å². The van der Waals surface area contributed by atoms with Gasteiger partial charge in [0, 0.05) is 13.1 Å². The summed E-state index contributed by atoms with van der Waals surface area (Å²) in [6, 6.07) is 6.39. The molecule has 1 aromatic rings. The number of benzene rings is 1. The molecule has 0 unspecified atom stereocenters. The number of hydrogen-bond donors (Lipinski definition) is 1. The summed E-state index contributed by atoms with van der Waals surface area (Å²) in [5, 5.41) is 3.44. The van der Waals surface area contributed by atoms with E-state index in [9.17, 15) is 0 Å². The molecule has 76 valence electrons. The molecule has 2 nitrogen and oxygen atoms in total. The van der Waals surface area contributed by atoms with Gasteiger partial charge in [0.2, 0.25) is 0 Å². The normalized spacial score (nSPS) is 20.3. The van der Waals surface area contributed by atoms with E-state index in [0.29, 0.717) is 5.92 Å². The van der Waals surface area contributed by atoms with Gasteiger partial charge < -0.3 is 10.1 Å². The molecular weight excluding hydrogens is 174 g/mol. The highest BCUT2D eigenvalue weighted by atomic mass is 16.5. The number of rotatable bonds is 2. The van der Waals surface area contributed by atoms with E-state index in [1.54, 1.807) is 7.11 Å². The summed E-state index contributed by atoms with van der Waals surface area (Å²) in [5.74, 6) is 1.62. The van der Waals surface area contributed by atoms with Gasteiger partial charge in [-0.25, -0.2) is 0 Å². The lowest BCUT2D eigenvalue weighted by atomic mass is 9.89. The third-order valence-corrected chi connectivity index (χ3v) is 2.99. The fraction of sp³-hybridized carbons (Fsp3) is 0.500. The Kier molecular flexibility index (Phi) is 2.73. The van der Waals surface area contributed by atoms with Crippen molar-refractivity contribution in [2.24, 2.45) is 0 Å². The quantitative estimate of drug-likeness (QED) is 0.774. The van der Waals surface area contributed by atoms with Gasteiger partial charge in [-0.2, -0.15) is 0 Å². The molecule has 1 N–H and O–H groups in total. The van der Waals surface area contributed by atoms with Crippen molar-refractivity contribution < 1.29 is 4.74 Å². The van der Waals surface area contributed by atoms with Crippen molar-refractivity contribution in [1.29, 1.82) is 0 Å². The second kappa shape index (κ2) is 4.01. The standard InChI is InChI=1S/C12H17NO/c1-3-9-7-13-8-10-4-5-11(14-2)6-12(9)10/h4-6,9,13H,3,7-8H2,1-2H3/t9-/m1/s1. The molecule has 1 heterocycles. The van der Waals surface area contributed by atoms with E-state index in [2.05, 4.69) is 24.4 Å². The minimum Gasteiger partial charge on any atom is -0.497 e. The van der Waals surface area contributed by atoms with E-state index in [-0.39, 0.29) is 0 Å². The molecule has 1 aliphatic rings. The minimum absolute atomic E-state index is 0.647. The lowest BCUT2D eigenvalue weighted by Crippen LogP contribution is -2.27. The molecule has 2 rings (SSSR count). The van der Waals surface area contributed by atoms with Crippen molar-refractivity contribution in [3.8, 4) is 5.75 Å². The summed E-state index contributed by atoms with van der Waals surface area (Å²) >= 11 is 0. The van der Waals surface area contributed by atoms with E-state index in [0.717, 1.165) is 18.8 Å². The van der Waals surface area contributed by atoms with Crippen molar-refractivity contribution in [2.75, 3.05) is 13.7 Å². The predicted octanol–water partition coefficient (Wildman–Crippen LogP) is 2.29. The zero-order chi connectivity index (χ0) is 9.97. The second-order valence-corrected chi connectivity index (χ2v) is 3.80. The third kappa shape index (κ3) is 1.62. The maximum absolute atomic E-state index is 5.25. The van der Waals surface area contributed by atoms with Crippen LogP contribution < -0.4 is 10.1 Å². The first-order valence-corrected chi connectivity index (χ1v) is 5.22. The first-order chi connectivity index (χ1) is 6.85. The summed E-state index contributed by atoms with van der Waals surface area (Å²) < 4.78 is 5.25. The molecule has 0 bridgehead atoms. The van der Waals surface area contributed by atoms with Crippen LogP contribution in [0, 0.1) is 0 Å². The van der Waals surface area contributed by atoms with Crippen LogP contribution in [0.2, 0.25) is 0 Å². The number of hydrogen-bond acceptors (Lipinski definition) is 2. The second-order valence-electron chi connectivity index (χ2n) is 3.80. The van der Waals surface area contributed by atoms with E-state index in [4.69, 9.17) is 4.74 Å². The Labute approximate surface area is 85.3 Å². The largest absolute Gasteiger partial charge is 0.497 e. The fourth-order valence-electron chi connectivity index (χ4n) is 2.10. The molecular formula is C12H17NO. The monoisotopic (exact) mass is 191 g/mol. The van der Waals surface area contributed by atoms with Crippen LogP contribution in [0.5, 0.6) is 5.75 Å². The van der Waals surface area contributed by atoms with Gasteiger partial charge in [0.05, 0.1) is 7.11 Å². The van der Waals surface area contributed by atoms with Crippen LogP contribution in [0.1, 0.15) is 30.4 Å². The number of methoxy groups -OCH3 is 1. The third-order valence-electron chi connectivity index (χ3n) is 2.99. The van der Waals surface area contributed by atoms with Gasteiger partial charge in [-0.1, -0.05) is 13.0 Å². The Morgan fingerprint density at radius 3 is 3.07 bits per heavy atom. The van der Waals surface area contributed by atoms with Crippen molar-refractivity contribution in [3.05, 3.63) is 29.3 Å². The van der Waals surface area contributed by atoms with Gasteiger partial charge in [-0.15, -0.1) is 0 Å². The molecule has 0 saturated heterocycles. The van der Waals surface area contributed by atoms with Gasteiger partial charge in [-0.3, -0.25) is 0 Å². The summed E-state index contributed by atoms with van der Waals surface area (Å²) in [6.45, 7) is 4.33. The zero-order valence-corrected chi connectivity index (χ0v) is 8.84. The van der Waals surface area contributed by atoms with Crippen LogP contribution in [0.4, 0.5) is 0 Å². The summed E-state index contributed by atoms with van der Waals surface area (Å²) in [6.07, 6.45) is 1.19. The molecule has 0 amide bonds. The molecule has 1 aliphatic heterocycles. The lowest BCUT2D eigenvalue weighted by molar-refractivity contribution is 0.412. The highest BCUT2D eigenvalue weighted by Crippen LogP contribution is 2.29. The van der Waals surface area contributed by atoms with Crippen molar-refractivity contribution in [2.45, 2.75) is 25.8 Å². The van der Waals surface area contributed by atoms with Crippen molar-refractivity contribution in [1.82, 2.24) is 5.32 Å². The van der Waals surface area contributed by atoms with Crippen LogP contribution in [-0.2, 0) is 6.54 Å². The smallest absolute Gasteiger partial charge is 0.119 e. The Balaban J connectivity index is 2.38. The zero-order valence-electron chi connectivity index (χ0n) is 8.84. The van der Waals surface area contributed by atoms with E-state index >= 15 is 0 Å². The molecule has 0 fully saturated rings. The number of nitrogens with one attached hydrogen (secondary N) is 1. The van der Waals surface area contributed by atoms with Crippen LogP contribution >= 0.6 is 0 Å². The Hall–Kier alpha value is -1.02. The molecule has 0 radical (unpaired) electrons. The average molecular weight is 191 g/mol. The van der Waals surface area contributed by atoms with Gasteiger partial charge in [0.15, 0.2) is 0 Å². The Bertz CT molecular complexity index is 322.